The SMILES string of the molecule is COc1ccc(-c2nnc(SCc3nc4ccccc4n3C(F)F)n2CCc2ccccc2)cc1. The summed E-state index contributed by atoms with van der Waals surface area (Å²) in [5.41, 5.74) is 3.06. The minimum absolute atomic E-state index is 0.241. The molecular formula is C26H23F2N5OS. The second-order valence-corrected chi connectivity index (χ2v) is 8.82. The van der Waals surface area contributed by atoms with Gasteiger partial charge in [0.2, 0.25) is 0 Å². The van der Waals surface area contributed by atoms with E-state index in [1.807, 2.05) is 47.0 Å². The predicted octanol–water partition coefficient (Wildman–Crippen LogP) is 6.23. The number of para-hydroxylation sites is 2. The average Bonchev–Trinajstić information content (AvgIpc) is 3.47. The van der Waals surface area contributed by atoms with Crippen LogP contribution >= 0.6 is 11.8 Å². The fourth-order valence-corrected chi connectivity index (χ4v) is 4.87. The molecule has 0 bridgehead atoms. The molecular weight excluding hydrogens is 468 g/mol. The van der Waals surface area contributed by atoms with Gasteiger partial charge in [0, 0.05) is 12.1 Å². The Morgan fingerprint density at radius 3 is 2.40 bits per heavy atom. The normalized spacial score (nSPS) is 11.4. The zero-order valence-corrected chi connectivity index (χ0v) is 19.8. The first kappa shape index (κ1) is 23.0. The van der Waals surface area contributed by atoms with Gasteiger partial charge in [-0.1, -0.05) is 54.2 Å². The lowest BCUT2D eigenvalue weighted by molar-refractivity contribution is 0.0722. The minimum Gasteiger partial charge on any atom is -0.497 e. The number of fused-ring (bicyclic) bond motifs is 1. The molecule has 0 aliphatic carbocycles. The van der Waals surface area contributed by atoms with Gasteiger partial charge < -0.3 is 9.30 Å². The largest absolute Gasteiger partial charge is 0.497 e. The molecule has 0 saturated carbocycles. The quantitative estimate of drug-likeness (QED) is 0.229. The molecule has 6 nitrogen and oxygen atoms in total. The van der Waals surface area contributed by atoms with E-state index in [1.54, 1.807) is 31.4 Å². The number of aryl methyl sites for hydroxylation is 1. The summed E-state index contributed by atoms with van der Waals surface area (Å²) in [6.45, 7) is -2.03. The maximum atomic E-state index is 13.9. The summed E-state index contributed by atoms with van der Waals surface area (Å²) in [6, 6.07) is 24.7. The summed E-state index contributed by atoms with van der Waals surface area (Å²) in [5.74, 6) is 2.01. The van der Waals surface area contributed by atoms with Crippen LogP contribution in [0.25, 0.3) is 22.4 Å². The molecule has 3 aromatic carbocycles. The van der Waals surface area contributed by atoms with E-state index in [-0.39, 0.29) is 5.75 Å². The molecule has 0 atom stereocenters. The average molecular weight is 492 g/mol. The van der Waals surface area contributed by atoms with Crippen LogP contribution in [-0.2, 0) is 18.7 Å². The van der Waals surface area contributed by atoms with Crippen molar-refractivity contribution in [1.29, 1.82) is 0 Å². The number of imidazole rings is 1. The third-order valence-electron chi connectivity index (χ3n) is 5.73. The molecule has 0 radical (unpaired) electrons. The first-order valence-electron chi connectivity index (χ1n) is 11.1. The Morgan fingerprint density at radius 2 is 1.66 bits per heavy atom. The monoisotopic (exact) mass is 491 g/mol. The highest BCUT2D eigenvalue weighted by Crippen LogP contribution is 2.30. The van der Waals surface area contributed by atoms with Crippen molar-refractivity contribution in [2.45, 2.75) is 30.4 Å². The number of nitrogens with zero attached hydrogens (tertiary/aromatic N) is 5. The lowest BCUT2D eigenvalue weighted by atomic mass is 10.1. The number of aromatic nitrogens is 5. The number of alkyl halides is 2. The summed E-state index contributed by atoms with van der Waals surface area (Å²) in [6.07, 6.45) is 0.783. The Kier molecular flexibility index (Phi) is 6.76. The van der Waals surface area contributed by atoms with E-state index in [9.17, 15) is 8.78 Å². The van der Waals surface area contributed by atoms with Gasteiger partial charge in [0.15, 0.2) is 11.0 Å². The van der Waals surface area contributed by atoms with Gasteiger partial charge in [-0.15, -0.1) is 10.2 Å². The molecule has 2 aromatic heterocycles. The molecule has 9 heteroatoms. The van der Waals surface area contributed by atoms with Crippen LogP contribution in [0.2, 0.25) is 0 Å². The smallest absolute Gasteiger partial charge is 0.320 e. The van der Waals surface area contributed by atoms with E-state index in [0.29, 0.717) is 34.4 Å². The zero-order valence-electron chi connectivity index (χ0n) is 19.0. The topological polar surface area (TPSA) is 57.8 Å². The second-order valence-electron chi connectivity index (χ2n) is 7.88. The van der Waals surface area contributed by atoms with Gasteiger partial charge in [-0.05, 0) is 48.4 Å². The van der Waals surface area contributed by atoms with Gasteiger partial charge in [-0.25, -0.2) is 4.98 Å². The summed E-state index contributed by atoms with van der Waals surface area (Å²) < 4.78 is 36.0. The van der Waals surface area contributed by atoms with Crippen LogP contribution in [0, 0.1) is 0 Å². The van der Waals surface area contributed by atoms with Crippen molar-refractivity contribution in [3.63, 3.8) is 0 Å². The first-order chi connectivity index (χ1) is 17.1. The Balaban J connectivity index is 1.45. The minimum atomic E-state index is -2.68. The highest BCUT2D eigenvalue weighted by Gasteiger charge is 2.20. The Morgan fingerprint density at radius 1 is 0.914 bits per heavy atom. The maximum absolute atomic E-state index is 13.9. The van der Waals surface area contributed by atoms with Crippen molar-refractivity contribution < 1.29 is 13.5 Å². The molecule has 0 aliphatic rings. The van der Waals surface area contributed by atoms with Gasteiger partial charge in [0.1, 0.15) is 11.6 Å². The van der Waals surface area contributed by atoms with Crippen molar-refractivity contribution in [3.8, 4) is 17.1 Å². The van der Waals surface area contributed by atoms with Gasteiger partial charge in [-0.2, -0.15) is 8.78 Å². The van der Waals surface area contributed by atoms with Crippen LogP contribution in [0.5, 0.6) is 5.75 Å². The molecule has 5 aromatic rings. The van der Waals surface area contributed by atoms with Crippen molar-refractivity contribution >= 4 is 22.8 Å². The van der Waals surface area contributed by atoms with Gasteiger partial charge in [0.25, 0.3) is 0 Å². The Labute approximate surface area is 205 Å². The van der Waals surface area contributed by atoms with Crippen molar-refractivity contribution in [2.75, 3.05) is 7.11 Å². The molecule has 0 aliphatic heterocycles. The predicted molar refractivity (Wildman–Crippen MR) is 133 cm³/mol. The number of ether oxygens (including phenoxy) is 1. The van der Waals surface area contributed by atoms with E-state index in [2.05, 4.69) is 27.3 Å². The molecule has 0 amide bonds. The Bertz CT molecular complexity index is 1420. The fraction of sp³-hybridized carbons (Fsp3) is 0.192. The summed E-state index contributed by atoms with van der Waals surface area (Å²) in [7, 11) is 1.62. The van der Waals surface area contributed by atoms with Crippen molar-refractivity contribution in [2.24, 2.45) is 0 Å². The molecule has 0 saturated heterocycles. The third kappa shape index (κ3) is 4.90. The van der Waals surface area contributed by atoms with Crippen LogP contribution in [0.4, 0.5) is 8.78 Å². The van der Waals surface area contributed by atoms with Gasteiger partial charge >= 0.3 is 6.55 Å². The first-order valence-corrected chi connectivity index (χ1v) is 12.1. The van der Waals surface area contributed by atoms with Crippen molar-refractivity contribution in [1.82, 2.24) is 24.3 Å². The van der Waals surface area contributed by atoms with Crippen LogP contribution in [0.3, 0.4) is 0 Å². The molecule has 178 valence electrons. The van der Waals surface area contributed by atoms with Gasteiger partial charge in [0.05, 0.1) is 23.9 Å². The summed E-state index contributed by atoms with van der Waals surface area (Å²) >= 11 is 1.35. The standard InChI is InChI=1S/C26H23F2N5OS/c1-34-20-13-11-19(12-14-20)24-30-31-26(32(24)16-15-18-7-3-2-4-8-18)35-17-23-29-21-9-5-6-10-22(21)33(23)25(27)28/h2-14,25H,15-17H2,1H3. The van der Waals surface area contributed by atoms with Crippen LogP contribution in [0.15, 0.2) is 84.0 Å². The van der Waals surface area contributed by atoms with Crippen molar-refractivity contribution in [3.05, 3.63) is 90.3 Å². The van der Waals surface area contributed by atoms with E-state index < -0.39 is 6.55 Å². The van der Waals surface area contributed by atoms with E-state index in [1.165, 1.54) is 17.3 Å². The fourth-order valence-electron chi connectivity index (χ4n) is 3.98. The molecule has 0 fully saturated rings. The van der Waals surface area contributed by atoms with E-state index >= 15 is 0 Å². The molecule has 0 unspecified atom stereocenters. The molecule has 35 heavy (non-hydrogen) atoms. The number of hydrogen-bond acceptors (Lipinski definition) is 5. The van der Waals surface area contributed by atoms with Crippen LogP contribution < -0.4 is 4.74 Å². The number of methoxy groups -OCH3 is 1. The number of thioether (sulfide) groups is 1. The maximum Gasteiger partial charge on any atom is 0.320 e. The van der Waals surface area contributed by atoms with Crippen LogP contribution in [0.1, 0.15) is 17.9 Å². The number of hydrogen-bond donors (Lipinski definition) is 0. The van der Waals surface area contributed by atoms with E-state index in [4.69, 9.17) is 4.74 Å². The van der Waals surface area contributed by atoms with Gasteiger partial charge in [-0.3, -0.25) is 4.57 Å². The molecule has 0 spiro atoms. The second kappa shape index (κ2) is 10.3. The molecule has 5 rings (SSSR count). The highest BCUT2D eigenvalue weighted by molar-refractivity contribution is 7.98. The lowest BCUT2D eigenvalue weighted by Crippen LogP contribution is -2.07. The lowest BCUT2D eigenvalue weighted by Gasteiger charge is -2.11. The third-order valence-corrected chi connectivity index (χ3v) is 6.69. The molecule has 2 heterocycles. The molecule has 0 N–H and O–H groups in total. The number of benzene rings is 3. The zero-order chi connectivity index (χ0) is 24.2. The van der Waals surface area contributed by atoms with E-state index in [0.717, 1.165) is 22.3 Å². The Hall–Kier alpha value is -3.72. The number of halogens is 2. The van der Waals surface area contributed by atoms with Crippen LogP contribution in [-0.4, -0.2) is 31.4 Å². The highest BCUT2D eigenvalue weighted by atomic mass is 32.2. The summed E-state index contributed by atoms with van der Waals surface area (Å²) in [5, 5.41) is 9.51. The summed E-state index contributed by atoms with van der Waals surface area (Å²) in [4.78, 5) is 4.45. The number of rotatable bonds is 9.